The molecule has 0 radical (unpaired) electrons. The van der Waals surface area contributed by atoms with Crippen LogP contribution in [0.3, 0.4) is 0 Å². The molecule has 0 amide bonds. The lowest BCUT2D eigenvalue weighted by atomic mass is 9.97. The van der Waals surface area contributed by atoms with Gasteiger partial charge in [0.15, 0.2) is 0 Å². The molecule has 1 rings (SSSR count). The van der Waals surface area contributed by atoms with Gasteiger partial charge in [-0.2, -0.15) is 0 Å². The lowest BCUT2D eigenvalue weighted by molar-refractivity contribution is 0.224. The summed E-state index contributed by atoms with van der Waals surface area (Å²) in [5.41, 5.74) is 9.49. The maximum Gasteiger partial charge on any atom is 0.0672 e. The summed E-state index contributed by atoms with van der Waals surface area (Å²) in [4.78, 5) is 0. The molecule has 0 aromatic rings. The lowest BCUT2D eigenvalue weighted by Gasteiger charge is -2.11. The zero-order chi connectivity index (χ0) is 12.6. The Morgan fingerprint density at radius 1 is 1.31 bits per heavy atom. The Morgan fingerprint density at radius 3 is 2.12 bits per heavy atom. The number of allylic oxidation sites excluding steroid dienone is 1. The Bertz CT molecular complexity index is 275. The molecule has 0 saturated heterocycles. The van der Waals surface area contributed by atoms with E-state index in [1.54, 1.807) is 7.11 Å². The van der Waals surface area contributed by atoms with E-state index in [-0.39, 0.29) is 11.0 Å². The van der Waals surface area contributed by atoms with Crippen molar-refractivity contribution < 1.29 is 4.74 Å². The molecule has 16 heavy (non-hydrogen) atoms. The molecule has 0 heterocycles. The molecule has 2 N–H and O–H groups in total. The molecule has 1 unspecified atom stereocenters. The first kappa shape index (κ1) is 13.7. The molecule has 1 aliphatic carbocycles. The highest BCUT2D eigenvalue weighted by molar-refractivity contribution is 5.25. The van der Waals surface area contributed by atoms with Gasteiger partial charge in [0.2, 0.25) is 0 Å². The SMILES string of the molecule is CC/C(C[C@H]1C(C)(C)C1(C)N)=C(\C)COC. The largest absolute Gasteiger partial charge is 0.380 e. The van der Waals surface area contributed by atoms with Crippen LogP contribution in [0.4, 0.5) is 0 Å². The minimum Gasteiger partial charge on any atom is -0.380 e. The zero-order valence-corrected chi connectivity index (χ0v) is 11.7. The molecule has 1 saturated carbocycles. The van der Waals surface area contributed by atoms with Crippen LogP contribution in [0.25, 0.3) is 0 Å². The fraction of sp³-hybridized carbons (Fsp3) is 0.857. The molecule has 0 aliphatic heterocycles. The molecule has 1 fully saturated rings. The quantitative estimate of drug-likeness (QED) is 0.730. The van der Waals surface area contributed by atoms with Crippen molar-refractivity contribution in [1.29, 1.82) is 0 Å². The number of ether oxygens (including phenoxy) is 1. The summed E-state index contributed by atoms with van der Waals surface area (Å²) in [6, 6.07) is 0. The van der Waals surface area contributed by atoms with E-state index in [0.717, 1.165) is 19.4 Å². The van der Waals surface area contributed by atoms with Crippen molar-refractivity contribution >= 4 is 0 Å². The third kappa shape index (κ3) is 2.18. The molecule has 2 atom stereocenters. The van der Waals surface area contributed by atoms with E-state index in [1.807, 2.05) is 0 Å². The molecule has 2 nitrogen and oxygen atoms in total. The van der Waals surface area contributed by atoms with Crippen LogP contribution in [0.2, 0.25) is 0 Å². The summed E-state index contributed by atoms with van der Waals surface area (Å²) in [5.74, 6) is 0.613. The molecule has 2 heteroatoms. The van der Waals surface area contributed by atoms with Gasteiger partial charge in [-0.25, -0.2) is 0 Å². The van der Waals surface area contributed by atoms with Crippen LogP contribution < -0.4 is 5.73 Å². The predicted octanol–water partition coefficient (Wildman–Crippen LogP) is 3.12. The maximum atomic E-state index is 6.31. The Hall–Kier alpha value is -0.340. The molecule has 0 bridgehead atoms. The normalized spacial score (nSPS) is 33.6. The van der Waals surface area contributed by atoms with E-state index in [9.17, 15) is 0 Å². The molecular weight excluding hydrogens is 198 g/mol. The van der Waals surface area contributed by atoms with Crippen molar-refractivity contribution in [3.63, 3.8) is 0 Å². The van der Waals surface area contributed by atoms with E-state index in [4.69, 9.17) is 10.5 Å². The van der Waals surface area contributed by atoms with Gasteiger partial charge in [-0.1, -0.05) is 26.3 Å². The first-order valence-electron chi connectivity index (χ1n) is 6.24. The fourth-order valence-corrected chi connectivity index (χ4v) is 2.79. The Balaban J connectivity index is 2.71. The van der Waals surface area contributed by atoms with Crippen molar-refractivity contribution in [2.24, 2.45) is 17.1 Å². The molecule has 1 aliphatic rings. The van der Waals surface area contributed by atoms with Crippen LogP contribution in [0.15, 0.2) is 11.1 Å². The highest BCUT2D eigenvalue weighted by Gasteiger charge is 2.65. The van der Waals surface area contributed by atoms with Crippen LogP contribution in [0, 0.1) is 11.3 Å². The second-order valence-electron chi connectivity index (χ2n) is 5.93. The third-order valence-corrected chi connectivity index (χ3v) is 4.74. The minimum atomic E-state index is 0.000766. The Labute approximate surface area is 100 Å². The molecule has 0 aromatic heterocycles. The van der Waals surface area contributed by atoms with Gasteiger partial charge in [0.1, 0.15) is 0 Å². The smallest absolute Gasteiger partial charge is 0.0672 e. The Morgan fingerprint density at radius 2 is 1.81 bits per heavy atom. The van der Waals surface area contributed by atoms with Gasteiger partial charge in [-0.15, -0.1) is 0 Å². The molecule has 0 spiro atoms. The van der Waals surface area contributed by atoms with E-state index in [1.165, 1.54) is 11.1 Å². The number of hydrogen-bond acceptors (Lipinski definition) is 2. The highest BCUT2D eigenvalue weighted by Crippen LogP contribution is 2.62. The minimum absolute atomic E-state index is 0.000766. The Kier molecular flexibility index (Phi) is 3.86. The summed E-state index contributed by atoms with van der Waals surface area (Å²) in [5, 5.41) is 0. The van der Waals surface area contributed by atoms with Crippen LogP contribution in [0.5, 0.6) is 0 Å². The predicted molar refractivity (Wildman–Crippen MR) is 69.3 cm³/mol. The first-order valence-corrected chi connectivity index (χ1v) is 6.24. The van der Waals surface area contributed by atoms with Gasteiger partial charge < -0.3 is 10.5 Å². The number of hydrogen-bond donors (Lipinski definition) is 1. The van der Waals surface area contributed by atoms with Gasteiger partial charge >= 0.3 is 0 Å². The standard InChI is InChI=1S/C14H27NO/c1-7-11(10(2)9-16-6)8-12-13(3,4)14(12,5)15/h12H,7-9,15H2,1-6H3/b11-10-/t12-,14?/m0/s1. The number of methoxy groups -OCH3 is 1. The van der Waals surface area contributed by atoms with E-state index < -0.39 is 0 Å². The van der Waals surface area contributed by atoms with E-state index >= 15 is 0 Å². The zero-order valence-electron chi connectivity index (χ0n) is 11.7. The van der Waals surface area contributed by atoms with Crippen LogP contribution >= 0.6 is 0 Å². The number of rotatable bonds is 5. The monoisotopic (exact) mass is 225 g/mol. The topological polar surface area (TPSA) is 35.2 Å². The summed E-state index contributed by atoms with van der Waals surface area (Å²) >= 11 is 0. The first-order chi connectivity index (χ1) is 7.29. The average molecular weight is 225 g/mol. The van der Waals surface area contributed by atoms with Gasteiger partial charge in [0.25, 0.3) is 0 Å². The maximum absolute atomic E-state index is 6.31. The van der Waals surface area contributed by atoms with Crippen LogP contribution in [-0.2, 0) is 4.74 Å². The van der Waals surface area contributed by atoms with Crippen molar-refractivity contribution in [2.45, 2.75) is 53.0 Å². The second kappa shape index (κ2) is 4.50. The summed E-state index contributed by atoms with van der Waals surface area (Å²) in [7, 11) is 1.75. The summed E-state index contributed by atoms with van der Waals surface area (Å²) in [6.45, 7) is 11.9. The van der Waals surface area contributed by atoms with Gasteiger partial charge in [-0.05, 0) is 43.6 Å². The third-order valence-electron chi connectivity index (χ3n) is 4.74. The number of nitrogens with two attached hydrogens (primary N) is 1. The fourth-order valence-electron chi connectivity index (χ4n) is 2.79. The van der Waals surface area contributed by atoms with Crippen LogP contribution in [0.1, 0.15) is 47.5 Å². The molecule has 94 valence electrons. The van der Waals surface area contributed by atoms with Crippen molar-refractivity contribution in [2.75, 3.05) is 13.7 Å². The van der Waals surface area contributed by atoms with Crippen molar-refractivity contribution in [1.82, 2.24) is 0 Å². The molecular formula is C14H27NO. The van der Waals surface area contributed by atoms with E-state index in [2.05, 4.69) is 34.6 Å². The van der Waals surface area contributed by atoms with E-state index in [0.29, 0.717) is 5.92 Å². The summed E-state index contributed by atoms with van der Waals surface area (Å²) < 4.78 is 5.20. The van der Waals surface area contributed by atoms with Crippen molar-refractivity contribution in [3.05, 3.63) is 11.1 Å². The highest BCUT2D eigenvalue weighted by atomic mass is 16.5. The van der Waals surface area contributed by atoms with Crippen LogP contribution in [-0.4, -0.2) is 19.3 Å². The van der Waals surface area contributed by atoms with Gasteiger partial charge in [-0.3, -0.25) is 0 Å². The molecule has 0 aromatic carbocycles. The summed E-state index contributed by atoms with van der Waals surface area (Å²) in [6.07, 6.45) is 2.24. The average Bonchev–Trinajstić information content (AvgIpc) is 2.55. The second-order valence-corrected chi connectivity index (χ2v) is 5.93. The van der Waals surface area contributed by atoms with Gasteiger partial charge in [0, 0.05) is 12.6 Å². The lowest BCUT2D eigenvalue weighted by Crippen LogP contribution is -2.24. The van der Waals surface area contributed by atoms with Crippen molar-refractivity contribution in [3.8, 4) is 0 Å². The van der Waals surface area contributed by atoms with Gasteiger partial charge in [0.05, 0.1) is 6.61 Å².